The van der Waals surface area contributed by atoms with Crippen molar-refractivity contribution in [1.82, 2.24) is 0 Å². The van der Waals surface area contributed by atoms with Crippen LogP contribution in [0.2, 0.25) is 0 Å². The summed E-state index contributed by atoms with van der Waals surface area (Å²) < 4.78 is 5.48. The molecule has 0 bridgehead atoms. The van der Waals surface area contributed by atoms with Crippen molar-refractivity contribution in [2.24, 2.45) is 0 Å². The van der Waals surface area contributed by atoms with Crippen molar-refractivity contribution in [2.75, 3.05) is 0 Å². The number of furan rings is 1. The molecule has 0 amide bonds. The first kappa shape index (κ1) is 8.30. The van der Waals surface area contributed by atoms with Gasteiger partial charge in [0.2, 0.25) is 0 Å². The molecular formula is C14H9O. The topological polar surface area (TPSA) is 13.1 Å². The van der Waals surface area contributed by atoms with Crippen LogP contribution in [0.5, 0.6) is 0 Å². The largest absolute Gasteiger partial charge is 0.464 e. The fraction of sp³-hybridized carbons (Fsp3) is 0. The normalized spacial score (nSPS) is 10.7. The summed E-state index contributed by atoms with van der Waals surface area (Å²) in [7, 11) is 0. The van der Waals surface area contributed by atoms with E-state index in [9.17, 15) is 0 Å². The molecule has 1 heteroatoms. The quantitative estimate of drug-likeness (QED) is 0.571. The lowest BCUT2D eigenvalue weighted by molar-refractivity contribution is 0.617. The van der Waals surface area contributed by atoms with E-state index in [2.05, 4.69) is 18.2 Å². The van der Waals surface area contributed by atoms with Crippen LogP contribution in [0, 0.1) is 6.07 Å². The highest BCUT2D eigenvalue weighted by molar-refractivity contribution is 5.93. The van der Waals surface area contributed by atoms with Gasteiger partial charge in [0, 0.05) is 10.9 Å². The third-order valence-corrected chi connectivity index (χ3v) is 2.50. The van der Waals surface area contributed by atoms with Gasteiger partial charge in [0.05, 0.1) is 6.26 Å². The van der Waals surface area contributed by atoms with Crippen molar-refractivity contribution in [3.63, 3.8) is 0 Å². The van der Waals surface area contributed by atoms with E-state index in [0.29, 0.717) is 0 Å². The highest BCUT2D eigenvalue weighted by Gasteiger charge is 2.05. The predicted octanol–water partition coefficient (Wildman–Crippen LogP) is 3.90. The van der Waals surface area contributed by atoms with Gasteiger partial charge in [-0.05, 0) is 23.8 Å². The molecule has 1 radical (unpaired) electrons. The lowest BCUT2D eigenvalue weighted by Crippen LogP contribution is -1.73. The van der Waals surface area contributed by atoms with E-state index >= 15 is 0 Å². The van der Waals surface area contributed by atoms with Crippen LogP contribution in [-0.2, 0) is 0 Å². The minimum atomic E-state index is 0.910. The monoisotopic (exact) mass is 193 g/mol. The van der Waals surface area contributed by atoms with Crippen molar-refractivity contribution in [3.8, 4) is 11.1 Å². The molecule has 1 aromatic heterocycles. The Balaban J connectivity index is 2.28. The third-order valence-electron chi connectivity index (χ3n) is 2.50. The average molecular weight is 193 g/mol. The summed E-state index contributed by atoms with van der Waals surface area (Å²) in [6.07, 6.45) is 1.80. The summed E-state index contributed by atoms with van der Waals surface area (Å²) in [6, 6.07) is 19.1. The van der Waals surface area contributed by atoms with Gasteiger partial charge in [-0.1, -0.05) is 36.4 Å². The van der Waals surface area contributed by atoms with Gasteiger partial charge in [-0.25, -0.2) is 0 Å². The zero-order valence-electron chi connectivity index (χ0n) is 8.10. The molecule has 0 saturated carbocycles. The fourth-order valence-electron chi connectivity index (χ4n) is 1.76. The van der Waals surface area contributed by atoms with Crippen molar-refractivity contribution in [1.29, 1.82) is 0 Å². The van der Waals surface area contributed by atoms with Gasteiger partial charge in [-0.15, -0.1) is 0 Å². The minimum Gasteiger partial charge on any atom is -0.464 e. The number of hydrogen-bond acceptors (Lipinski definition) is 1. The molecule has 0 atom stereocenters. The van der Waals surface area contributed by atoms with Gasteiger partial charge in [-0.2, -0.15) is 0 Å². The summed E-state index contributed by atoms with van der Waals surface area (Å²) in [6.45, 7) is 0. The van der Waals surface area contributed by atoms with Crippen LogP contribution in [0.25, 0.3) is 22.1 Å². The van der Waals surface area contributed by atoms with Gasteiger partial charge < -0.3 is 4.42 Å². The van der Waals surface area contributed by atoms with Crippen LogP contribution in [0.1, 0.15) is 0 Å². The molecule has 15 heavy (non-hydrogen) atoms. The average Bonchev–Trinajstić information content (AvgIpc) is 2.74. The maximum absolute atomic E-state index is 5.48. The number of hydrogen-bond donors (Lipinski definition) is 0. The molecule has 0 unspecified atom stereocenters. The summed E-state index contributed by atoms with van der Waals surface area (Å²) in [5, 5.41) is 1.11. The summed E-state index contributed by atoms with van der Waals surface area (Å²) >= 11 is 0. The van der Waals surface area contributed by atoms with E-state index in [0.717, 1.165) is 16.5 Å². The molecule has 0 spiro atoms. The van der Waals surface area contributed by atoms with Crippen LogP contribution in [-0.4, -0.2) is 0 Å². The van der Waals surface area contributed by atoms with E-state index in [-0.39, 0.29) is 0 Å². The molecule has 0 aliphatic heterocycles. The number of rotatable bonds is 1. The Morgan fingerprint density at radius 2 is 1.87 bits per heavy atom. The van der Waals surface area contributed by atoms with Crippen LogP contribution >= 0.6 is 0 Å². The third kappa shape index (κ3) is 1.33. The van der Waals surface area contributed by atoms with E-state index in [1.54, 1.807) is 6.26 Å². The predicted molar refractivity (Wildman–Crippen MR) is 60.5 cm³/mol. The van der Waals surface area contributed by atoms with Crippen LogP contribution in [0.3, 0.4) is 0 Å². The summed E-state index contributed by atoms with van der Waals surface area (Å²) in [5.74, 6) is 0. The molecule has 71 valence electrons. The van der Waals surface area contributed by atoms with E-state index < -0.39 is 0 Å². The van der Waals surface area contributed by atoms with E-state index in [1.807, 2.05) is 36.4 Å². The number of benzene rings is 2. The molecule has 2 aromatic carbocycles. The Hall–Kier alpha value is -2.02. The van der Waals surface area contributed by atoms with Gasteiger partial charge in [0.15, 0.2) is 0 Å². The Bertz CT molecular complexity index is 578. The van der Waals surface area contributed by atoms with Crippen molar-refractivity contribution in [2.45, 2.75) is 0 Å². The molecule has 1 heterocycles. The molecular weight excluding hydrogens is 184 g/mol. The highest BCUT2D eigenvalue weighted by Crippen LogP contribution is 2.29. The Kier molecular flexibility index (Phi) is 1.82. The second-order valence-electron chi connectivity index (χ2n) is 3.44. The Morgan fingerprint density at radius 1 is 1.00 bits per heavy atom. The molecule has 0 aliphatic carbocycles. The van der Waals surface area contributed by atoms with E-state index in [1.165, 1.54) is 5.56 Å². The van der Waals surface area contributed by atoms with Crippen LogP contribution < -0.4 is 0 Å². The van der Waals surface area contributed by atoms with Gasteiger partial charge in [-0.3, -0.25) is 0 Å². The standard InChI is InChI=1S/C14H9O/c1-2-6-11(7-3-1)13-10-15-14-9-5-4-8-12(13)14/h1-3,5-10H. The van der Waals surface area contributed by atoms with Crippen molar-refractivity contribution >= 4 is 11.0 Å². The lowest BCUT2D eigenvalue weighted by atomic mass is 10.1. The summed E-state index contributed by atoms with van der Waals surface area (Å²) in [4.78, 5) is 0. The zero-order valence-corrected chi connectivity index (χ0v) is 8.10. The Morgan fingerprint density at radius 3 is 2.73 bits per heavy atom. The SMILES string of the molecule is [c]1ccc2occ(-c3ccccc3)c2c1. The first-order chi connectivity index (χ1) is 7.45. The van der Waals surface area contributed by atoms with Crippen molar-refractivity contribution in [3.05, 3.63) is 60.9 Å². The maximum Gasteiger partial charge on any atom is 0.134 e. The molecule has 0 saturated heterocycles. The highest BCUT2D eigenvalue weighted by atomic mass is 16.3. The smallest absolute Gasteiger partial charge is 0.134 e. The lowest BCUT2D eigenvalue weighted by Gasteiger charge is -1.96. The molecule has 0 aliphatic rings. The van der Waals surface area contributed by atoms with Crippen LogP contribution in [0.4, 0.5) is 0 Å². The molecule has 0 N–H and O–H groups in total. The van der Waals surface area contributed by atoms with Gasteiger partial charge in [0.25, 0.3) is 0 Å². The maximum atomic E-state index is 5.48. The summed E-state index contributed by atoms with van der Waals surface area (Å²) in [5.41, 5.74) is 3.21. The van der Waals surface area contributed by atoms with Gasteiger partial charge >= 0.3 is 0 Å². The molecule has 1 nitrogen and oxygen atoms in total. The minimum absolute atomic E-state index is 0.910. The van der Waals surface area contributed by atoms with E-state index in [4.69, 9.17) is 4.42 Å². The zero-order chi connectivity index (χ0) is 10.1. The Labute approximate surface area is 88.0 Å². The second kappa shape index (κ2) is 3.28. The molecule has 3 rings (SSSR count). The molecule has 0 fully saturated rings. The fourth-order valence-corrected chi connectivity index (χ4v) is 1.76. The van der Waals surface area contributed by atoms with Crippen LogP contribution in [0.15, 0.2) is 59.2 Å². The van der Waals surface area contributed by atoms with Gasteiger partial charge in [0.1, 0.15) is 5.58 Å². The molecule has 3 aromatic rings. The first-order valence-electron chi connectivity index (χ1n) is 4.88. The number of fused-ring (bicyclic) bond motifs is 1. The van der Waals surface area contributed by atoms with Crippen molar-refractivity contribution < 1.29 is 4.42 Å². The second-order valence-corrected chi connectivity index (χ2v) is 3.44. The first-order valence-corrected chi connectivity index (χ1v) is 4.88.